The number of rotatable bonds is 5. The molecule has 1 saturated carbocycles. The van der Waals surface area contributed by atoms with Crippen LogP contribution in [0.1, 0.15) is 32.1 Å². The van der Waals surface area contributed by atoms with Crippen molar-refractivity contribution in [3.05, 3.63) is 30.5 Å². The first-order valence-corrected chi connectivity index (χ1v) is 7.54. The summed E-state index contributed by atoms with van der Waals surface area (Å²) in [6.45, 7) is 1.01. The number of benzene rings is 1. The molecule has 0 amide bonds. The van der Waals surface area contributed by atoms with E-state index in [-0.39, 0.29) is 0 Å². The van der Waals surface area contributed by atoms with Gasteiger partial charge >= 0.3 is 0 Å². The van der Waals surface area contributed by atoms with Crippen LogP contribution in [0.2, 0.25) is 0 Å². The first-order chi connectivity index (χ1) is 9.88. The van der Waals surface area contributed by atoms with Gasteiger partial charge in [0.15, 0.2) is 0 Å². The van der Waals surface area contributed by atoms with E-state index >= 15 is 0 Å². The number of nitrogens with one attached hydrogen (secondary N) is 1. The maximum absolute atomic E-state index is 5.41. The molecule has 0 atom stereocenters. The summed E-state index contributed by atoms with van der Waals surface area (Å²) in [5, 5.41) is 5.76. The highest BCUT2D eigenvalue weighted by Crippen LogP contribution is 2.30. The molecule has 0 saturated heterocycles. The van der Waals surface area contributed by atoms with Crippen LogP contribution in [0.3, 0.4) is 0 Å². The van der Waals surface area contributed by atoms with Crippen molar-refractivity contribution in [1.29, 1.82) is 0 Å². The van der Waals surface area contributed by atoms with Gasteiger partial charge in [-0.1, -0.05) is 37.8 Å². The Hall–Kier alpha value is -1.77. The molecule has 1 N–H and O–H groups in total. The van der Waals surface area contributed by atoms with Gasteiger partial charge in [0, 0.05) is 23.5 Å². The number of ether oxygens (including phenoxy) is 1. The van der Waals surface area contributed by atoms with Crippen molar-refractivity contribution in [2.45, 2.75) is 32.1 Å². The van der Waals surface area contributed by atoms with Gasteiger partial charge in [0.05, 0.1) is 7.11 Å². The number of pyridine rings is 1. The van der Waals surface area contributed by atoms with Crippen LogP contribution < -0.4 is 10.1 Å². The van der Waals surface area contributed by atoms with Gasteiger partial charge in [0.2, 0.25) is 0 Å². The number of anilines is 1. The molecule has 20 heavy (non-hydrogen) atoms. The Morgan fingerprint density at radius 1 is 1.20 bits per heavy atom. The Labute approximate surface area is 120 Å². The van der Waals surface area contributed by atoms with E-state index in [4.69, 9.17) is 4.74 Å². The molecule has 1 aromatic heterocycles. The van der Waals surface area contributed by atoms with Gasteiger partial charge in [-0.3, -0.25) is 0 Å². The number of aromatic nitrogens is 1. The highest BCUT2D eigenvalue weighted by molar-refractivity contribution is 5.95. The predicted molar refractivity (Wildman–Crippen MR) is 83.4 cm³/mol. The lowest BCUT2D eigenvalue weighted by molar-refractivity contribution is 0.420. The third-order valence-electron chi connectivity index (χ3n) is 4.31. The molecule has 1 aliphatic carbocycles. The molecule has 106 valence electrons. The summed E-state index contributed by atoms with van der Waals surface area (Å²) in [4.78, 5) is 4.48. The lowest BCUT2D eigenvalue weighted by atomic mass is 10.0. The second-order valence-electron chi connectivity index (χ2n) is 5.58. The summed E-state index contributed by atoms with van der Waals surface area (Å²) in [6.07, 6.45) is 8.73. The third-order valence-corrected chi connectivity index (χ3v) is 4.31. The normalized spacial score (nSPS) is 15.7. The second kappa shape index (κ2) is 6.12. The Bertz CT molecular complexity index is 576. The van der Waals surface area contributed by atoms with Crippen molar-refractivity contribution in [3.63, 3.8) is 0 Å². The average Bonchev–Trinajstić information content (AvgIpc) is 3.00. The van der Waals surface area contributed by atoms with Crippen molar-refractivity contribution in [2.24, 2.45) is 5.92 Å². The van der Waals surface area contributed by atoms with Gasteiger partial charge in [-0.25, -0.2) is 4.98 Å². The number of hydrogen-bond acceptors (Lipinski definition) is 3. The van der Waals surface area contributed by atoms with E-state index in [0.29, 0.717) is 0 Å². The van der Waals surface area contributed by atoms with E-state index in [1.165, 1.54) is 32.1 Å². The smallest absolute Gasteiger partial charge is 0.133 e. The Kier molecular flexibility index (Phi) is 4.05. The highest BCUT2D eigenvalue weighted by atomic mass is 16.5. The molecule has 0 radical (unpaired) electrons. The van der Waals surface area contributed by atoms with E-state index in [1.807, 2.05) is 24.4 Å². The standard InChI is InChI=1S/C17H22N2O/c1-20-16-8-4-7-15-14(16)10-12-19-17(15)18-11-9-13-5-2-3-6-13/h4,7-8,10,12-13H,2-3,5-6,9,11H2,1H3,(H,18,19). The van der Waals surface area contributed by atoms with Crippen molar-refractivity contribution >= 4 is 16.6 Å². The summed E-state index contributed by atoms with van der Waals surface area (Å²) in [5.41, 5.74) is 0. The summed E-state index contributed by atoms with van der Waals surface area (Å²) in [6, 6.07) is 8.12. The average molecular weight is 270 g/mol. The number of fused-ring (bicyclic) bond motifs is 1. The Morgan fingerprint density at radius 2 is 2.05 bits per heavy atom. The SMILES string of the molecule is COc1cccc2c(NCCC3CCCC3)nccc12. The lowest BCUT2D eigenvalue weighted by Crippen LogP contribution is -2.08. The van der Waals surface area contributed by atoms with Crippen LogP contribution in [0.25, 0.3) is 10.8 Å². The van der Waals surface area contributed by atoms with E-state index in [2.05, 4.69) is 16.4 Å². The van der Waals surface area contributed by atoms with Crippen LogP contribution in [0.15, 0.2) is 30.5 Å². The van der Waals surface area contributed by atoms with E-state index < -0.39 is 0 Å². The molecule has 3 rings (SSSR count). The molecule has 1 fully saturated rings. The summed E-state index contributed by atoms with van der Waals surface area (Å²) < 4.78 is 5.41. The lowest BCUT2D eigenvalue weighted by Gasteiger charge is -2.13. The van der Waals surface area contributed by atoms with Gasteiger partial charge in [0.25, 0.3) is 0 Å². The van der Waals surface area contributed by atoms with Crippen molar-refractivity contribution in [2.75, 3.05) is 19.0 Å². The van der Waals surface area contributed by atoms with Crippen LogP contribution in [0.4, 0.5) is 5.82 Å². The van der Waals surface area contributed by atoms with Crippen LogP contribution >= 0.6 is 0 Å². The fraction of sp³-hybridized carbons (Fsp3) is 0.471. The van der Waals surface area contributed by atoms with E-state index in [0.717, 1.165) is 34.8 Å². The Morgan fingerprint density at radius 3 is 2.85 bits per heavy atom. The minimum atomic E-state index is 0.906. The fourth-order valence-electron chi connectivity index (χ4n) is 3.19. The topological polar surface area (TPSA) is 34.1 Å². The van der Waals surface area contributed by atoms with Crippen LogP contribution in [0, 0.1) is 5.92 Å². The Balaban J connectivity index is 1.74. The quantitative estimate of drug-likeness (QED) is 0.882. The largest absolute Gasteiger partial charge is 0.496 e. The maximum Gasteiger partial charge on any atom is 0.133 e. The molecule has 0 bridgehead atoms. The van der Waals surface area contributed by atoms with E-state index in [9.17, 15) is 0 Å². The zero-order valence-electron chi connectivity index (χ0n) is 12.1. The summed E-state index contributed by atoms with van der Waals surface area (Å²) >= 11 is 0. The van der Waals surface area contributed by atoms with Gasteiger partial charge in [-0.2, -0.15) is 0 Å². The van der Waals surface area contributed by atoms with Gasteiger partial charge in [-0.05, 0) is 24.5 Å². The molecule has 1 aliphatic rings. The zero-order chi connectivity index (χ0) is 13.8. The van der Waals surface area contributed by atoms with Crippen molar-refractivity contribution in [1.82, 2.24) is 4.98 Å². The minimum absolute atomic E-state index is 0.906. The first kappa shape index (κ1) is 13.2. The minimum Gasteiger partial charge on any atom is -0.496 e. The molecule has 2 aromatic rings. The second-order valence-corrected chi connectivity index (χ2v) is 5.58. The van der Waals surface area contributed by atoms with Crippen LogP contribution in [-0.2, 0) is 0 Å². The van der Waals surface area contributed by atoms with Crippen LogP contribution in [-0.4, -0.2) is 18.6 Å². The maximum atomic E-state index is 5.41. The highest BCUT2D eigenvalue weighted by Gasteiger charge is 2.14. The van der Waals surface area contributed by atoms with E-state index in [1.54, 1.807) is 7.11 Å². The monoisotopic (exact) mass is 270 g/mol. The molecular formula is C17H22N2O. The molecular weight excluding hydrogens is 248 g/mol. The van der Waals surface area contributed by atoms with Gasteiger partial charge < -0.3 is 10.1 Å². The number of hydrogen-bond donors (Lipinski definition) is 1. The zero-order valence-corrected chi connectivity index (χ0v) is 12.1. The molecule has 3 heteroatoms. The molecule has 0 aliphatic heterocycles. The van der Waals surface area contributed by atoms with Crippen LogP contribution in [0.5, 0.6) is 5.75 Å². The summed E-state index contributed by atoms with van der Waals surface area (Å²) in [7, 11) is 1.71. The van der Waals surface area contributed by atoms with Gasteiger partial charge in [0.1, 0.15) is 11.6 Å². The number of nitrogens with zero attached hydrogens (tertiary/aromatic N) is 1. The number of methoxy groups -OCH3 is 1. The third kappa shape index (κ3) is 2.72. The molecule has 1 aromatic carbocycles. The molecule has 1 heterocycles. The first-order valence-electron chi connectivity index (χ1n) is 7.54. The van der Waals surface area contributed by atoms with Gasteiger partial charge in [-0.15, -0.1) is 0 Å². The molecule has 0 spiro atoms. The van der Waals surface area contributed by atoms with Crippen molar-refractivity contribution < 1.29 is 4.74 Å². The fourth-order valence-corrected chi connectivity index (χ4v) is 3.19. The molecule has 3 nitrogen and oxygen atoms in total. The predicted octanol–water partition coefficient (Wildman–Crippen LogP) is 4.24. The molecule has 0 unspecified atom stereocenters. The van der Waals surface area contributed by atoms with Crippen molar-refractivity contribution in [3.8, 4) is 5.75 Å². The summed E-state index contributed by atoms with van der Waals surface area (Å²) in [5.74, 6) is 2.79.